The van der Waals surface area contributed by atoms with Crippen LogP contribution in [0.1, 0.15) is 41.9 Å². The van der Waals surface area contributed by atoms with Gasteiger partial charge in [-0.2, -0.15) is 0 Å². The highest BCUT2D eigenvalue weighted by atomic mass is 14.3. The Labute approximate surface area is 119 Å². The Morgan fingerprint density at radius 1 is 0.750 bits per heavy atom. The summed E-state index contributed by atoms with van der Waals surface area (Å²) >= 11 is 0. The van der Waals surface area contributed by atoms with Crippen molar-refractivity contribution in [3.8, 4) is 0 Å². The predicted molar refractivity (Wildman–Crippen MR) is 85.5 cm³/mol. The summed E-state index contributed by atoms with van der Waals surface area (Å²) < 4.78 is 0. The Morgan fingerprint density at radius 3 is 2.55 bits per heavy atom. The van der Waals surface area contributed by atoms with Crippen LogP contribution in [0.3, 0.4) is 0 Å². The maximum Gasteiger partial charge on any atom is -0.00996 e. The molecule has 0 radical (unpaired) electrons. The maximum atomic E-state index is 2.35. The van der Waals surface area contributed by atoms with Gasteiger partial charge in [-0.05, 0) is 76.3 Å². The van der Waals surface area contributed by atoms with E-state index in [4.69, 9.17) is 0 Å². The molecular formula is C20H18. The van der Waals surface area contributed by atoms with Gasteiger partial charge in [-0.25, -0.2) is 0 Å². The fourth-order valence-corrected chi connectivity index (χ4v) is 4.64. The fourth-order valence-electron chi connectivity index (χ4n) is 4.64. The van der Waals surface area contributed by atoms with Crippen LogP contribution in [0.15, 0.2) is 42.5 Å². The summed E-state index contributed by atoms with van der Waals surface area (Å²) in [6, 6.07) is 16.0. The second-order valence-electron chi connectivity index (χ2n) is 6.41. The van der Waals surface area contributed by atoms with Gasteiger partial charge in [0.25, 0.3) is 0 Å². The lowest BCUT2D eigenvalue weighted by molar-refractivity contribution is 0.518. The van der Waals surface area contributed by atoms with Crippen molar-refractivity contribution in [2.45, 2.75) is 38.0 Å². The highest BCUT2D eigenvalue weighted by Crippen LogP contribution is 2.47. The van der Waals surface area contributed by atoms with Gasteiger partial charge >= 0.3 is 0 Å². The van der Waals surface area contributed by atoms with Crippen LogP contribution in [-0.2, 0) is 12.8 Å². The van der Waals surface area contributed by atoms with E-state index in [1.54, 1.807) is 22.1 Å². The smallest absolute Gasteiger partial charge is 0.00996 e. The number of hydrogen-bond acceptors (Lipinski definition) is 0. The van der Waals surface area contributed by atoms with Gasteiger partial charge in [-0.1, -0.05) is 42.5 Å². The fraction of sp³-hybridized carbons (Fsp3) is 0.300. The Balaban J connectivity index is 2.10. The van der Waals surface area contributed by atoms with E-state index in [1.807, 2.05) is 0 Å². The van der Waals surface area contributed by atoms with Crippen molar-refractivity contribution in [1.29, 1.82) is 0 Å². The molecule has 0 N–H and O–H groups in total. The lowest BCUT2D eigenvalue weighted by Crippen LogP contribution is -2.16. The number of rotatable bonds is 0. The largest absolute Gasteiger partial charge is 0.0616 e. The highest BCUT2D eigenvalue weighted by Gasteiger charge is 2.28. The molecule has 0 bridgehead atoms. The molecule has 3 aromatic carbocycles. The van der Waals surface area contributed by atoms with Crippen LogP contribution in [0.5, 0.6) is 0 Å². The Morgan fingerprint density at radius 2 is 1.60 bits per heavy atom. The zero-order valence-electron chi connectivity index (χ0n) is 11.7. The molecule has 0 saturated carbocycles. The lowest BCUT2D eigenvalue weighted by atomic mass is 9.71. The summed E-state index contributed by atoms with van der Waals surface area (Å²) in [5, 5.41) is 6.07. The van der Waals surface area contributed by atoms with Gasteiger partial charge in [0.15, 0.2) is 0 Å². The second-order valence-corrected chi connectivity index (χ2v) is 6.41. The summed E-state index contributed by atoms with van der Waals surface area (Å²) in [5.41, 5.74) is 4.96. The first-order valence-electron chi connectivity index (χ1n) is 7.88. The average molecular weight is 258 g/mol. The maximum absolute atomic E-state index is 2.35. The molecule has 0 aromatic heterocycles. The van der Waals surface area contributed by atoms with Crippen molar-refractivity contribution in [3.05, 3.63) is 59.2 Å². The van der Waals surface area contributed by atoms with E-state index in [9.17, 15) is 0 Å². The molecule has 20 heavy (non-hydrogen) atoms. The van der Waals surface area contributed by atoms with Crippen molar-refractivity contribution in [1.82, 2.24) is 0 Å². The minimum atomic E-state index is 0.820. The third-order valence-corrected chi connectivity index (χ3v) is 5.44. The molecule has 5 rings (SSSR count). The van der Waals surface area contributed by atoms with Gasteiger partial charge in [0.2, 0.25) is 0 Å². The first-order chi connectivity index (χ1) is 9.93. The molecule has 0 heteroatoms. The molecule has 98 valence electrons. The van der Waals surface area contributed by atoms with Crippen LogP contribution in [0.25, 0.3) is 21.5 Å². The third-order valence-electron chi connectivity index (χ3n) is 5.44. The highest BCUT2D eigenvalue weighted by molar-refractivity contribution is 6.12. The van der Waals surface area contributed by atoms with Gasteiger partial charge in [-0.3, -0.25) is 0 Å². The normalized spacial score (nSPS) is 20.5. The Hall–Kier alpha value is -1.82. The minimum absolute atomic E-state index is 0.820. The number of fused-ring (bicyclic) bond motifs is 3. The molecule has 0 fully saturated rings. The minimum Gasteiger partial charge on any atom is -0.0616 e. The van der Waals surface area contributed by atoms with E-state index in [1.165, 1.54) is 48.3 Å². The van der Waals surface area contributed by atoms with Gasteiger partial charge in [-0.15, -0.1) is 0 Å². The van der Waals surface area contributed by atoms with E-state index >= 15 is 0 Å². The van der Waals surface area contributed by atoms with Crippen LogP contribution in [-0.4, -0.2) is 0 Å². The summed E-state index contributed by atoms with van der Waals surface area (Å²) in [4.78, 5) is 0. The molecular weight excluding hydrogens is 240 g/mol. The molecule has 3 aromatic rings. The van der Waals surface area contributed by atoms with E-state index in [-0.39, 0.29) is 0 Å². The van der Waals surface area contributed by atoms with Crippen LogP contribution >= 0.6 is 0 Å². The van der Waals surface area contributed by atoms with Gasteiger partial charge in [0.1, 0.15) is 0 Å². The van der Waals surface area contributed by atoms with E-state index in [0.717, 1.165) is 5.92 Å². The van der Waals surface area contributed by atoms with Crippen molar-refractivity contribution >= 4 is 21.5 Å². The number of hydrogen-bond donors (Lipinski definition) is 0. The first kappa shape index (κ1) is 10.9. The molecule has 1 atom stereocenters. The summed E-state index contributed by atoms with van der Waals surface area (Å²) in [7, 11) is 0. The van der Waals surface area contributed by atoms with Crippen LogP contribution < -0.4 is 0 Å². The molecule has 2 aliphatic carbocycles. The second kappa shape index (κ2) is 3.85. The van der Waals surface area contributed by atoms with E-state index in [2.05, 4.69) is 42.5 Å². The molecule has 0 saturated heterocycles. The molecule has 1 unspecified atom stereocenters. The zero-order chi connectivity index (χ0) is 13.1. The van der Waals surface area contributed by atoms with Crippen molar-refractivity contribution in [3.63, 3.8) is 0 Å². The lowest BCUT2D eigenvalue weighted by Gasteiger charge is -2.33. The topological polar surface area (TPSA) is 0 Å². The Bertz CT molecular complexity index is 841. The van der Waals surface area contributed by atoms with Gasteiger partial charge < -0.3 is 0 Å². The van der Waals surface area contributed by atoms with Crippen LogP contribution in [0, 0.1) is 0 Å². The van der Waals surface area contributed by atoms with Gasteiger partial charge in [0.05, 0.1) is 0 Å². The quantitative estimate of drug-likeness (QED) is 0.476. The summed E-state index contributed by atoms with van der Waals surface area (Å²) in [6.07, 6.45) is 6.67. The standard InChI is InChI=1S/C20H18/c1-2-8-16-15(7-1)17-9-3-5-13-11-12-14-6-4-10-18(16)20(14)19(13)17/h1-3,5,7-9,14H,4,6,10-12H2. The Kier molecular flexibility index (Phi) is 2.10. The summed E-state index contributed by atoms with van der Waals surface area (Å²) in [6.45, 7) is 0. The van der Waals surface area contributed by atoms with E-state index < -0.39 is 0 Å². The van der Waals surface area contributed by atoms with Crippen LogP contribution in [0.2, 0.25) is 0 Å². The summed E-state index contributed by atoms with van der Waals surface area (Å²) in [5.74, 6) is 0.820. The zero-order valence-corrected chi connectivity index (χ0v) is 11.7. The first-order valence-corrected chi connectivity index (χ1v) is 7.88. The molecule has 0 heterocycles. The van der Waals surface area contributed by atoms with Crippen molar-refractivity contribution in [2.75, 3.05) is 0 Å². The molecule has 0 amide bonds. The number of benzene rings is 3. The van der Waals surface area contributed by atoms with Crippen LogP contribution in [0.4, 0.5) is 0 Å². The van der Waals surface area contributed by atoms with Crippen molar-refractivity contribution in [2.24, 2.45) is 0 Å². The SMILES string of the molecule is c1ccc2c(c1)c1c3c4c(cccc42)CCC3CCC1. The monoisotopic (exact) mass is 258 g/mol. The van der Waals surface area contributed by atoms with E-state index in [0.29, 0.717) is 0 Å². The average Bonchev–Trinajstić information content (AvgIpc) is 2.53. The molecule has 0 aliphatic heterocycles. The predicted octanol–water partition coefficient (Wildman–Crippen LogP) is 5.36. The molecule has 0 nitrogen and oxygen atoms in total. The van der Waals surface area contributed by atoms with Crippen molar-refractivity contribution < 1.29 is 0 Å². The molecule has 2 aliphatic rings. The van der Waals surface area contributed by atoms with Gasteiger partial charge in [0, 0.05) is 0 Å². The molecule has 0 spiro atoms. The third kappa shape index (κ3) is 1.27. The number of aryl methyl sites for hydroxylation is 2.